The molecule has 2 atom stereocenters. The van der Waals surface area contributed by atoms with Gasteiger partial charge in [-0.15, -0.1) is 0 Å². The van der Waals surface area contributed by atoms with Crippen molar-refractivity contribution < 1.29 is 19.4 Å². The van der Waals surface area contributed by atoms with Crippen LogP contribution in [0.1, 0.15) is 26.7 Å². The molecule has 0 rings (SSSR count). The number of hydrogen-bond acceptors (Lipinski definition) is 4. The highest BCUT2D eigenvalue weighted by molar-refractivity contribution is 5.79. The van der Waals surface area contributed by atoms with E-state index in [-0.39, 0.29) is 24.8 Å². The van der Waals surface area contributed by atoms with Gasteiger partial charge in [-0.25, -0.2) is 0 Å². The second kappa shape index (κ2) is 8.88. The summed E-state index contributed by atoms with van der Waals surface area (Å²) in [6.45, 7) is 4.54. The molecule has 4 N–H and O–H groups in total. The van der Waals surface area contributed by atoms with Crippen molar-refractivity contribution in [1.82, 2.24) is 5.32 Å². The lowest BCUT2D eigenvalue weighted by molar-refractivity contribution is -0.140. The predicted molar refractivity (Wildman–Crippen MR) is 68.1 cm³/mol. The minimum absolute atomic E-state index is 0.131. The summed E-state index contributed by atoms with van der Waals surface area (Å²) in [6, 6.07) is 0. The summed E-state index contributed by atoms with van der Waals surface area (Å²) < 4.78 is 4.98. The average Bonchev–Trinajstić information content (AvgIpc) is 2.30. The molecule has 6 nitrogen and oxygen atoms in total. The van der Waals surface area contributed by atoms with E-state index < -0.39 is 12.1 Å². The van der Waals surface area contributed by atoms with Crippen molar-refractivity contribution in [2.45, 2.75) is 32.8 Å². The molecule has 0 aliphatic carbocycles. The van der Waals surface area contributed by atoms with Crippen LogP contribution in [0.3, 0.4) is 0 Å². The van der Waals surface area contributed by atoms with Crippen LogP contribution in [0.5, 0.6) is 0 Å². The number of hydrogen-bond donors (Lipinski definition) is 3. The summed E-state index contributed by atoms with van der Waals surface area (Å²) in [5.74, 6) is -0.929. The first-order valence-corrected chi connectivity index (χ1v) is 6.13. The second-order valence-electron chi connectivity index (χ2n) is 4.76. The Morgan fingerprint density at radius 2 is 2.00 bits per heavy atom. The van der Waals surface area contributed by atoms with Crippen LogP contribution in [0.15, 0.2) is 0 Å². The maximum atomic E-state index is 11.8. The molecule has 0 heterocycles. The lowest BCUT2D eigenvalue weighted by Crippen LogP contribution is -2.40. The third-order valence-corrected chi connectivity index (χ3v) is 2.65. The summed E-state index contributed by atoms with van der Waals surface area (Å²) in [5.41, 5.74) is 5.56. The van der Waals surface area contributed by atoms with Gasteiger partial charge < -0.3 is 20.9 Å². The van der Waals surface area contributed by atoms with Gasteiger partial charge in [-0.05, 0) is 12.3 Å². The third-order valence-electron chi connectivity index (χ3n) is 2.65. The van der Waals surface area contributed by atoms with E-state index in [4.69, 9.17) is 15.6 Å². The largest absolute Gasteiger partial charge is 0.481 e. The summed E-state index contributed by atoms with van der Waals surface area (Å²) >= 11 is 0. The Morgan fingerprint density at radius 3 is 2.39 bits per heavy atom. The highest BCUT2D eigenvalue weighted by atomic mass is 16.5. The zero-order chi connectivity index (χ0) is 14.1. The number of carboxylic acid groups (broad SMARTS) is 1. The van der Waals surface area contributed by atoms with Gasteiger partial charge >= 0.3 is 5.97 Å². The van der Waals surface area contributed by atoms with Crippen LogP contribution in [0, 0.1) is 11.8 Å². The zero-order valence-corrected chi connectivity index (χ0v) is 11.3. The van der Waals surface area contributed by atoms with Crippen LogP contribution in [-0.4, -0.2) is 43.3 Å². The first kappa shape index (κ1) is 16.9. The Morgan fingerprint density at radius 1 is 1.39 bits per heavy atom. The average molecular weight is 260 g/mol. The van der Waals surface area contributed by atoms with Gasteiger partial charge in [0, 0.05) is 20.2 Å². The van der Waals surface area contributed by atoms with E-state index in [9.17, 15) is 9.59 Å². The summed E-state index contributed by atoms with van der Waals surface area (Å²) in [4.78, 5) is 22.4. The molecule has 106 valence electrons. The van der Waals surface area contributed by atoms with Crippen molar-refractivity contribution in [2.75, 3.05) is 20.2 Å². The Labute approximate surface area is 108 Å². The van der Waals surface area contributed by atoms with Crippen LogP contribution in [0.2, 0.25) is 0 Å². The van der Waals surface area contributed by atoms with E-state index >= 15 is 0 Å². The number of aliphatic carboxylic acids is 1. The number of amides is 1. The molecule has 0 saturated heterocycles. The Balaban J connectivity index is 4.16. The summed E-state index contributed by atoms with van der Waals surface area (Å²) in [6.07, 6.45) is 0.0802. The molecule has 0 aromatic rings. The molecule has 2 unspecified atom stereocenters. The highest BCUT2D eigenvalue weighted by Crippen LogP contribution is 2.10. The van der Waals surface area contributed by atoms with Gasteiger partial charge in [0.2, 0.25) is 5.91 Å². The number of carbonyl (C=O) groups excluding carboxylic acids is 1. The summed E-state index contributed by atoms with van der Waals surface area (Å²) in [7, 11) is 1.42. The van der Waals surface area contributed by atoms with Crippen LogP contribution in [-0.2, 0) is 14.3 Å². The lowest BCUT2D eigenvalue weighted by atomic mass is 9.96. The van der Waals surface area contributed by atoms with Crippen LogP contribution >= 0.6 is 0 Å². The normalized spacial score (nSPS) is 14.3. The molecule has 0 bridgehead atoms. The van der Waals surface area contributed by atoms with Crippen molar-refractivity contribution in [2.24, 2.45) is 17.6 Å². The first-order valence-electron chi connectivity index (χ1n) is 6.13. The molecule has 0 saturated carbocycles. The number of rotatable bonds is 9. The van der Waals surface area contributed by atoms with Gasteiger partial charge in [-0.3, -0.25) is 9.59 Å². The van der Waals surface area contributed by atoms with Crippen molar-refractivity contribution >= 4 is 11.9 Å². The molecule has 0 spiro atoms. The number of nitrogens with one attached hydrogen (secondary N) is 1. The number of carboxylic acids is 1. The van der Waals surface area contributed by atoms with Gasteiger partial charge in [0.05, 0.1) is 18.4 Å². The molecule has 0 aromatic heterocycles. The first-order chi connectivity index (χ1) is 8.40. The smallest absolute Gasteiger partial charge is 0.306 e. The van der Waals surface area contributed by atoms with Crippen LogP contribution < -0.4 is 11.1 Å². The van der Waals surface area contributed by atoms with Gasteiger partial charge in [-0.2, -0.15) is 0 Å². The Bertz CT molecular complexity index is 269. The van der Waals surface area contributed by atoms with E-state index in [1.807, 2.05) is 13.8 Å². The SMILES string of the molecule is COC(CNC(=O)C(CN)CC(C)C)CC(=O)O. The van der Waals surface area contributed by atoms with E-state index in [1.54, 1.807) is 0 Å². The summed E-state index contributed by atoms with van der Waals surface area (Å²) in [5, 5.41) is 11.3. The quantitative estimate of drug-likeness (QED) is 0.550. The number of nitrogens with two attached hydrogens (primary N) is 1. The van der Waals surface area contributed by atoms with E-state index in [1.165, 1.54) is 7.11 Å². The van der Waals surface area contributed by atoms with E-state index in [0.717, 1.165) is 6.42 Å². The highest BCUT2D eigenvalue weighted by Gasteiger charge is 2.20. The van der Waals surface area contributed by atoms with Crippen molar-refractivity contribution in [3.63, 3.8) is 0 Å². The molecular weight excluding hydrogens is 236 g/mol. The molecule has 1 amide bonds. The van der Waals surface area contributed by atoms with Gasteiger partial charge in [0.15, 0.2) is 0 Å². The number of carbonyl (C=O) groups is 2. The Hall–Kier alpha value is -1.14. The van der Waals surface area contributed by atoms with Crippen molar-refractivity contribution in [3.05, 3.63) is 0 Å². The third kappa shape index (κ3) is 7.24. The molecule has 6 heteroatoms. The lowest BCUT2D eigenvalue weighted by Gasteiger charge is -2.19. The van der Waals surface area contributed by atoms with E-state index in [2.05, 4.69) is 5.32 Å². The van der Waals surface area contributed by atoms with Crippen molar-refractivity contribution in [1.29, 1.82) is 0 Å². The monoisotopic (exact) mass is 260 g/mol. The van der Waals surface area contributed by atoms with Gasteiger partial charge in [-0.1, -0.05) is 13.8 Å². The standard InChI is InChI=1S/C12H24N2O4/c1-8(2)4-9(6-13)12(17)14-7-10(18-3)5-11(15)16/h8-10H,4-7,13H2,1-3H3,(H,14,17)(H,15,16). The minimum Gasteiger partial charge on any atom is -0.481 e. The molecular formula is C12H24N2O4. The zero-order valence-electron chi connectivity index (χ0n) is 11.3. The number of methoxy groups -OCH3 is 1. The fourth-order valence-electron chi connectivity index (χ4n) is 1.67. The fourth-order valence-corrected chi connectivity index (χ4v) is 1.67. The van der Waals surface area contributed by atoms with E-state index in [0.29, 0.717) is 12.5 Å². The molecule has 0 fully saturated rings. The topological polar surface area (TPSA) is 102 Å². The van der Waals surface area contributed by atoms with Crippen molar-refractivity contribution in [3.8, 4) is 0 Å². The molecule has 0 aliphatic rings. The maximum absolute atomic E-state index is 11.8. The minimum atomic E-state index is -0.950. The fraction of sp³-hybridized carbons (Fsp3) is 0.833. The second-order valence-corrected chi connectivity index (χ2v) is 4.76. The molecule has 0 radical (unpaired) electrons. The van der Waals surface area contributed by atoms with Crippen LogP contribution in [0.25, 0.3) is 0 Å². The van der Waals surface area contributed by atoms with Gasteiger partial charge in [0.25, 0.3) is 0 Å². The molecule has 0 aromatic carbocycles. The molecule has 0 aliphatic heterocycles. The maximum Gasteiger partial charge on any atom is 0.306 e. The Kier molecular flexibility index (Phi) is 8.32. The number of ether oxygens (including phenoxy) is 1. The predicted octanol–water partition coefficient (Wildman–Crippen LogP) is 0.213. The van der Waals surface area contributed by atoms with Crippen LogP contribution in [0.4, 0.5) is 0 Å². The van der Waals surface area contributed by atoms with Gasteiger partial charge in [0.1, 0.15) is 0 Å². The molecule has 18 heavy (non-hydrogen) atoms.